The summed E-state index contributed by atoms with van der Waals surface area (Å²) in [5, 5.41) is 12.3. The molecular weight excluding hydrogens is 242 g/mol. The number of amides is 1. The Hall–Kier alpha value is -1.46. The van der Waals surface area contributed by atoms with E-state index in [1.54, 1.807) is 19.3 Å². The minimum atomic E-state index is -0.437. The molecule has 2 N–H and O–H groups in total. The molecule has 0 aromatic carbocycles. The minimum absolute atomic E-state index is 0.0433. The van der Waals surface area contributed by atoms with E-state index in [2.05, 4.69) is 10.3 Å². The Morgan fingerprint density at radius 3 is 2.74 bits per heavy atom. The molecule has 1 unspecified atom stereocenters. The maximum atomic E-state index is 11.9. The first-order valence-corrected chi connectivity index (χ1v) is 6.56. The lowest BCUT2D eigenvalue weighted by atomic mass is 10.2. The average Bonchev–Trinajstić information content (AvgIpc) is 2.36. The molecule has 1 aromatic rings. The molecule has 1 rings (SSSR count). The molecule has 1 amide bonds. The Labute approximate surface area is 114 Å². The average molecular weight is 265 g/mol. The number of aromatic nitrogens is 1. The van der Waals surface area contributed by atoms with Crippen molar-refractivity contribution in [2.45, 2.75) is 39.5 Å². The second-order valence-electron chi connectivity index (χ2n) is 5.01. The van der Waals surface area contributed by atoms with Crippen molar-refractivity contribution in [1.82, 2.24) is 15.2 Å². The normalized spacial score (nSPS) is 12.7. The lowest BCUT2D eigenvalue weighted by Gasteiger charge is -2.26. The number of carbonyl (C=O) groups excluding carboxylic acids is 1. The Bertz CT molecular complexity index is 380. The molecule has 0 aliphatic heterocycles. The van der Waals surface area contributed by atoms with E-state index < -0.39 is 6.10 Å². The summed E-state index contributed by atoms with van der Waals surface area (Å²) in [5.74, 6) is -0.0433. The Morgan fingerprint density at radius 2 is 2.21 bits per heavy atom. The summed E-state index contributed by atoms with van der Waals surface area (Å²) in [4.78, 5) is 17.8. The van der Waals surface area contributed by atoms with Gasteiger partial charge < -0.3 is 10.4 Å². The highest BCUT2D eigenvalue weighted by molar-refractivity contribution is 5.78. The number of hydrogen-bond acceptors (Lipinski definition) is 4. The highest BCUT2D eigenvalue weighted by Crippen LogP contribution is 2.00. The fraction of sp³-hybridized carbons (Fsp3) is 0.571. The number of pyridine rings is 1. The second kappa shape index (κ2) is 7.86. The van der Waals surface area contributed by atoms with Crippen molar-refractivity contribution in [2.24, 2.45) is 0 Å². The Balaban J connectivity index is 2.40. The Morgan fingerprint density at radius 1 is 1.47 bits per heavy atom. The zero-order valence-corrected chi connectivity index (χ0v) is 11.8. The van der Waals surface area contributed by atoms with Crippen molar-refractivity contribution in [3.8, 4) is 0 Å². The third kappa shape index (κ3) is 6.31. The summed E-state index contributed by atoms with van der Waals surface area (Å²) in [6.45, 7) is 7.02. The maximum Gasteiger partial charge on any atom is 0.234 e. The van der Waals surface area contributed by atoms with Crippen LogP contribution >= 0.6 is 0 Å². The number of carbonyl (C=O) groups is 1. The molecule has 5 heteroatoms. The number of nitrogens with zero attached hydrogens (tertiary/aromatic N) is 2. The van der Waals surface area contributed by atoms with E-state index in [1.807, 2.05) is 30.9 Å². The van der Waals surface area contributed by atoms with E-state index in [4.69, 9.17) is 0 Å². The summed E-state index contributed by atoms with van der Waals surface area (Å²) in [5.41, 5.74) is 0.975. The minimum Gasteiger partial charge on any atom is -0.392 e. The quantitative estimate of drug-likeness (QED) is 0.765. The maximum absolute atomic E-state index is 11.9. The third-order valence-corrected chi connectivity index (χ3v) is 2.79. The number of hydrogen-bond donors (Lipinski definition) is 2. The van der Waals surface area contributed by atoms with Crippen LogP contribution in [0.3, 0.4) is 0 Å². The number of rotatable bonds is 7. The van der Waals surface area contributed by atoms with Crippen LogP contribution in [0.2, 0.25) is 0 Å². The molecule has 0 aliphatic carbocycles. The first-order chi connectivity index (χ1) is 8.99. The first kappa shape index (κ1) is 15.6. The van der Waals surface area contributed by atoms with E-state index >= 15 is 0 Å². The highest BCUT2D eigenvalue weighted by Gasteiger charge is 2.15. The third-order valence-electron chi connectivity index (χ3n) is 2.79. The van der Waals surface area contributed by atoms with Crippen molar-refractivity contribution < 1.29 is 9.90 Å². The smallest absolute Gasteiger partial charge is 0.234 e. The van der Waals surface area contributed by atoms with E-state index in [-0.39, 0.29) is 11.9 Å². The Kier molecular flexibility index (Phi) is 6.45. The summed E-state index contributed by atoms with van der Waals surface area (Å²) < 4.78 is 0. The fourth-order valence-corrected chi connectivity index (χ4v) is 1.74. The van der Waals surface area contributed by atoms with Crippen LogP contribution in [0, 0.1) is 0 Å². The lowest BCUT2D eigenvalue weighted by Crippen LogP contribution is -2.43. The number of nitrogens with one attached hydrogen (secondary N) is 1. The van der Waals surface area contributed by atoms with Gasteiger partial charge >= 0.3 is 0 Å². The fourth-order valence-electron chi connectivity index (χ4n) is 1.74. The number of aliphatic hydroxyl groups excluding tert-OH is 1. The summed E-state index contributed by atoms with van der Waals surface area (Å²) in [6, 6.07) is 3.98. The molecule has 1 aromatic heterocycles. The van der Waals surface area contributed by atoms with Crippen LogP contribution in [0.5, 0.6) is 0 Å². The molecule has 5 nitrogen and oxygen atoms in total. The summed E-state index contributed by atoms with van der Waals surface area (Å²) in [6.07, 6.45) is 3.00. The lowest BCUT2D eigenvalue weighted by molar-refractivity contribution is -0.123. The zero-order valence-electron chi connectivity index (χ0n) is 11.8. The molecule has 0 aliphatic rings. The molecule has 0 bridgehead atoms. The van der Waals surface area contributed by atoms with Crippen LogP contribution in [0.1, 0.15) is 26.3 Å². The van der Waals surface area contributed by atoms with Crippen molar-refractivity contribution in [1.29, 1.82) is 0 Å². The van der Waals surface area contributed by atoms with Crippen LogP contribution in [0.4, 0.5) is 0 Å². The standard InChI is InChI=1S/C14H23N3O2/c1-11(2)17(9-12(3)18)10-14(19)16-8-13-5-4-6-15-7-13/h4-7,11-12,18H,8-10H2,1-3H3,(H,16,19). The van der Waals surface area contributed by atoms with Gasteiger partial charge in [-0.1, -0.05) is 6.07 Å². The van der Waals surface area contributed by atoms with Gasteiger partial charge in [0.25, 0.3) is 0 Å². The van der Waals surface area contributed by atoms with Gasteiger partial charge in [-0.15, -0.1) is 0 Å². The van der Waals surface area contributed by atoms with Gasteiger partial charge in [0.1, 0.15) is 0 Å². The summed E-state index contributed by atoms with van der Waals surface area (Å²) in [7, 11) is 0. The second-order valence-corrected chi connectivity index (χ2v) is 5.01. The van der Waals surface area contributed by atoms with Crippen LogP contribution in [0.25, 0.3) is 0 Å². The van der Waals surface area contributed by atoms with Gasteiger partial charge in [-0.25, -0.2) is 0 Å². The first-order valence-electron chi connectivity index (χ1n) is 6.56. The van der Waals surface area contributed by atoms with Gasteiger partial charge in [-0.05, 0) is 32.4 Å². The van der Waals surface area contributed by atoms with Gasteiger partial charge in [0.2, 0.25) is 5.91 Å². The van der Waals surface area contributed by atoms with E-state index in [9.17, 15) is 9.90 Å². The van der Waals surface area contributed by atoms with Gasteiger partial charge in [0.05, 0.1) is 12.6 Å². The van der Waals surface area contributed by atoms with E-state index in [1.165, 1.54) is 0 Å². The molecule has 0 fully saturated rings. The monoisotopic (exact) mass is 265 g/mol. The van der Waals surface area contributed by atoms with Crippen LogP contribution < -0.4 is 5.32 Å². The van der Waals surface area contributed by atoms with Gasteiger partial charge in [-0.3, -0.25) is 14.7 Å². The molecule has 19 heavy (non-hydrogen) atoms. The van der Waals surface area contributed by atoms with Gasteiger partial charge in [-0.2, -0.15) is 0 Å². The van der Waals surface area contributed by atoms with Crippen molar-refractivity contribution in [3.05, 3.63) is 30.1 Å². The predicted molar refractivity (Wildman–Crippen MR) is 74.5 cm³/mol. The van der Waals surface area contributed by atoms with Crippen molar-refractivity contribution in [3.63, 3.8) is 0 Å². The van der Waals surface area contributed by atoms with Crippen LogP contribution in [-0.4, -0.2) is 46.1 Å². The largest absolute Gasteiger partial charge is 0.392 e. The van der Waals surface area contributed by atoms with E-state index in [0.29, 0.717) is 19.6 Å². The molecule has 1 atom stereocenters. The molecule has 0 saturated heterocycles. The molecule has 106 valence electrons. The number of aliphatic hydroxyl groups is 1. The molecule has 1 heterocycles. The molecular formula is C14H23N3O2. The van der Waals surface area contributed by atoms with E-state index in [0.717, 1.165) is 5.56 Å². The topological polar surface area (TPSA) is 65.5 Å². The van der Waals surface area contributed by atoms with Gasteiger partial charge in [0.15, 0.2) is 0 Å². The molecule has 0 radical (unpaired) electrons. The molecule has 0 spiro atoms. The van der Waals surface area contributed by atoms with Crippen LogP contribution in [0.15, 0.2) is 24.5 Å². The van der Waals surface area contributed by atoms with Gasteiger partial charge in [0, 0.05) is 31.5 Å². The molecule has 0 saturated carbocycles. The SMILES string of the molecule is CC(O)CN(CC(=O)NCc1cccnc1)C(C)C. The zero-order chi connectivity index (χ0) is 14.3. The van der Waals surface area contributed by atoms with Crippen molar-refractivity contribution in [2.75, 3.05) is 13.1 Å². The van der Waals surface area contributed by atoms with Crippen LogP contribution in [-0.2, 0) is 11.3 Å². The highest BCUT2D eigenvalue weighted by atomic mass is 16.3. The van der Waals surface area contributed by atoms with Crippen molar-refractivity contribution >= 4 is 5.91 Å². The predicted octanol–water partition coefficient (Wildman–Crippen LogP) is 0.789. The summed E-state index contributed by atoms with van der Waals surface area (Å²) >= 11 is 0.